The van der Waals surface area contributed by atoms with E-state index in [1.54, 1.807) is 7.11 Å². The minimum atomic E-state index is 0.543. The molecule has 1 rings (SSSR count). The first-order valence-electron chi connectivity index (χ1n) is 6.12. The number of carbonyl (C=O) groups excluding carboxylic acids is 1. The Hall–Kier alpha value is -1.51. The van der Waals surface area contributed by atoms with Gasteiger partial charge in [-0.2, -0.15) is 0 Å². The molecule has 0 saturated heterocycles. The van der Waals surface area contributed by atoms with Gasteiger partial charge < -0.3 is 14.4 Å². The highest BCUT2D eigenvalue weighted by Crippen LogP contribution is 2.26. The molecular weight excluding hydrogens is 214 g/mol. The van der Waals surface area contributed by atoms with Crippen molar-refractivity contribution in [3.8, 4) is 5.75 Å². The predicted octanol–water partition coefficient (Wildman–Crippen LogP) is 2.67. The first kappa shape index (κ1) is 13.6. The van der Waals surface area contributed by atoms with Gasteiger partial charge in [-0.15, -0.1) is 0 Å². The van der Waals surface area contributed by atoms with Gasteiger partial charge in [0.25, 0.3) is 0 Å². The van der Waals surface area contributed by atoms with Gasteiger partial charge in [0.15, 0.2) is 0 Å². The summed E-state index contributed by atoms with van der Waals surface area (Å²) in [5.41, 5.74) is 2.26. The Morgan fingerprint density at radius 2 is 2.00 bits per heavy atom. The van der Waals surface area contributed by atoms with Crippen LogP contribution in [0.4, 0.5) is 5.69 Å². The maximum absolute atomic E-state index is 10.4. The van der Waals surface area contributed by atoms with Gasteiger partial charge in [0.2, 0.25) is 0 Å². The Kier molecular flexibility index (Phi) is 5.53. The first-order valence-corrected chi connectivity index (χ1v) is 6.12. The lowest BCUT2D eigenvalue weighted by Gasteiger charge is -2.22. The molecule has 0 fully saturated rings. The van der Waals surface area contributed by atoms with Crippen LogP contribution in [-0.2, 0) is 11.2 Å². The third-order valence-electron chi connectivity index (χ3n) is 2.93. The largest absolute Gasteiger partial charge is 0.496 e. The molecule has 0 spiro atoms. The van der Waals surface area contributed by atoms with E-state index < -0.39 is 0 Å². The molecule has 0 saturated carbocycles. The summed E-state index contributed by atoms with van der Waals surface area (Å²) < 4.78 is 5.38. The van der Waals surface area contributed by atoms with Crippen molar-refractivity contribution in [2.75, 3.05) is 25.1 Å². The maximum atomic E-state index is 10.4. The van der Waals surface area contributed by atoms with E-state index >= 15 is 0 Å². The van der Waals surface area contributed by atoms with Crippen LogP contribution in [0.5, 0.6) is 5.75 Å². The number of carbonyl (C=O) groups is 1. The standard InChI is InChI=1S/C14H21NO2/c1-4-15(5-2)13-9-8-12(7-6-10-16)14(11-13)17-3/h8-11H,4-7H2,1-3H3. The Morgan fingerprint density at radius 1 is 1.29 bits per heavy atom. The van der Waals surface area contributed by atoms with Crippen molar-refractivity contribution in [3.05, 3.63) is 23.8 Å². The van der Waals surface area contributed by atoms with Crippen molar-refractivity contribution in [1.82, 2.24) is 0 Å². The van der Waals surface area contributed by atoms with Crippen LogP contribution in [0.15, 0.2) is 18.2 Å². The number of ether oxygens (including phenoxy) is 1. The number of rotatable bonds is 7. The molecule has 0 aromatic heterocycles. The third kappa shape index (κ3) is 3.48. The molecule has 0 radical (unpaired) electrons. The number of methoxy groups -OCH3 is 1. The number of benzene rings is 1. The summed E-state index contributed by atoms with van der Waals surface area (Å²) in [6, 6.07) is 6.19. The van der Waals surface area contributed by atoms with Crippen LogP contribution in [-0.4, -0.2) is 26.5 Å². The van der Waals surface area contributed by atoms with Crippen molar-refractivity contribution in [2.24, 2.45) is 0 Å². The summed E-state index contributed by atoms with van der Waals surface area (Å²) in [4.78, 5) is 12.7. The maximum Gasteiger partial charge on any atom is 0.124 e. The van der Waals surface area contributed by atoms with Crippen LogP contribution in [0.3, 0.4) is 0 Å². The smallest absolute Gasteiger partial charge is 0.124 e. The monoisotopic (exact) mass is 235 g/mol. The van der Waals surface area contributed by atoms with E-state index in [1.165, 1.54) is 5.69 Å². The molecule has 3 heteroatoms. The van der Waals surface area contributed by atoms with Crippen molar-refractivity contribution in [1.29, 1.82) is 0 Å². The number of aryl methyl sites for hydroxylation is 1. The summed E-state index contributed by atoms with van der Waals surface area (Å²) in [7, 11) is 1.67. The van der Waals surface area contributed by atoms with Crippen molar-refractivity contribution >= 4 is 12.0 Å². The predicted molar refractivity (Wildman–Crippen MR) is 70.9 cm³/mol. The lowest BCUT2D eigenvalue weighted by molar-refractivity contribution is -0.107. The molecule has 0 N–H and O–H groups in total. The second-order valence-corrected chi connectivity index (χ2v) is 3.87. The van der Waals surface area contributed by atoms with E-state index in [1.807, 2.05) is 6.07 Å². The Morgan fingerprint density at radius 3 is 2.53 bits per heavy atom. The molecule has 94 valence electrons. The lowest BCUT2D eigenvalue weighted by Crippen LogP contribution is -2.21. The number of hydrogen-bond acceptors (Lipinski definition) is 3. The number of anilines is 1. The zero-order valence-electron chi connectivity index (χ0n) is 10.9. The minimum absolute atomic E-state index is 0.543. The van der Waals surface area contributed by atoms with Gasteiger partial charge in [-0.1, -0.05) is 6.07 Å². The number of nitrogens with zero attached hydrogens (tertiary/aromatic N) is 1. The molecule has 0 unspecified atom stereocenters. The molecule has 1 aromatic rings. The summed E-state index contributed by atoms with van der Waals surface area (Å²) in [5, 5.41) is 0. The molecular formula is C14H21NO2. The Bertz CT molecular complexity index is 359. The summed E-state index contributed by atoms with van der Waals surface area (Å²) in [6.07, 6.45) is 2.23. The molecule has 0 aliphatic rings. The average Bonchev–Trinajstić information content (AvgIpc) is 2.38. The second kappa shape index (κ2) is 6.94. The molecule has 0 aliphatic carbocycles. The summed E-state index contributed by atoms with van der Waals surface area (Å²) in [5.74, 6) is 0.872. The molecule has 0 bridgehead atoms. The Balaban J connectivity index is 2.94. The fraction of sp³-hybridized carbons (Fsp3) is 0.500. The minimum Gasteiger partial charge on any atom is -0.496 e. The lowest BCUT2D eigenvalue weighted by atomic mass is 10.1. The molecule has 1 aromatic carbocycles. The van der Waals surface area contributed by atoms with E-state index in [0.29, 0.717) is 6.42 Å². The average molecular weight is 235 g/mol. The van der Waals surface area contributed by atoms with E-state index in [9.17, 15) is 4.79 Å². The van der Waals surface area contributed by atoms with E-state index in [4.69, 9.17) is 4.74 Å². The van der Waals surface area contributed by atoms with Crippen LogP contribution in [0.25, 0.3) is 0 Å². The molecule has 0 heterocycles. The van der Waals surface area contributed by atoms with Crippen molar-refractivity contribution < 1.29 is 9.53 Å². The molecule has 0 atom stereocenters. The number of aldehydes is 1. The number of hydrogen-bond donors (Lipinski definition) is 0. The molecule has 17 heavy (non-hydrogen) atoms. The van der Waals surface area contributed by atoms with E-state index in [-0.39, 0.29) is 0 Å². The van der Waals surface area contributed by atoms with Crippen LogP contribution < -0.4 is 9.64 Å². The van der Waals surface area contributed by atoms with E-state index in [2.05, 4.69) is 30.9 Å². The first-order chi connectivity index (χ1) is 8.26. The molecule has 0 aliphatic heterocycles. The second-order valence-electron chi connectivity index (χ2n) is 3.87. The molecule has 0 amide bonds. The SMILES string of the molecule is CCN(CC)c1ccc(CCC=O)c(OC)c1. The van der Waals surface area contributed by atoms with Crippen LogP contribution in [0.1, 0.15) is 25.8 Å². The van der Waals surface area contributed by atoms with Crippen LogP contribution in [0.2, 0.25) is 0 Å². The highest BCUT2D eigenvalue weighted by Gasteiger charge is 2.07. The van der Waals surface area contributed by atoms with Crippen molar-refractivity contribution in [3.63, 3.8) is 0 Å². The van der Waals surface area contributed by atoms with Gasteiger partial charge >= 0.3 is 0 Å². The molecule has 3 nitrogen and oxygen atoms in total. The van der Waals surface area contributed by atoms with E-state index in [0.717, 1.165) is 37.1 Å². The highest BCUT2D eigenvalue weighted by molar-refractivity contribution is 5.55. The fourth-order valence-electron chi connectivity index (χ4n) is 1.94. The quantitative estimate of drug-likeness (QED) is 0.680. The van der Waals surface area contributed by atoms with Gasteiger partial charge in [-0.05, 0) is 31.9 Å². The topological polar surface area (TPSA) is 29.5 Å². The fourth-order valence-corrected chi connectivity index (χ4v) is 1.94. The normalized spacial score (nSPS) is 10.1. The zero-order chi connectivity index (χ0) is 12.7. The van der Waals surface area contributed by atoms with Crippen LogP contribution in [0, 0.1) is 0 Å². The van der Waals surface area contributed by atoms with Gasteiger partial charge in [0.1, 0.15) is 12.0 Å². The zero-order valence-corrected chi connectivity index (χ0v) is 10.9. The third-order valence-corrected chi connectivity index (χ3v) is 2.93. The summed E-state index contributed by atoms with van der Waals surface area (Å²) >= 11 is 0. The van der Waals surface area contributed by atoms with Gasteiger partial charge in [0, 0.05) is 31.3 Å². The van der Waals surface area contributed by atoms with Gasteiger partial charge in [-0.25, -0.2) is 0 Å². The Labute approximate surface area is 103 Å². The van der Waals surface area contributed by atoms with Gasteiger partial charge in [0.05, 0.1) is 7.11 Å². The van der Waals surface area contributed by atoms with Gasteiger partial charge in [-0.3, -0.25) is 0 Å². The summed E-state index contributed by atoms with van der Waals surface area (Å²) in [6.45, 7) is 6.23. The van der Waals surface area contributed by atoms with Crippen molar-refractivity contribution in [2.45, 2.75) is 26.7 Å². The van der Waals surface area contributed by atoms with Crippen LogP contribution >= 0.6 is 0 Å². The highest BCUT2D eigenvalue weighted by atomic mass is 16.5.